The average molecular weight is 458 g/mol. The summed E-state index contributed by atoms with van der Waals surface area (Å²) >= 11 is 0. The number of β-amino-alcohol motifs (C(OH)–C–C–N with tert-alkyl or cyclic N) is 1. The molecule has 0 aromatic heterocycles. The molecule has 1 saturated carbocycles. The van der Waals surface area contributed by atoms with Crippen molar-refractivity contribution in [2.75, 3.05) is 26.2 Å². The van der Waals surface area contributed by atoms with E-state index in [2.05, 4.69) is 0 Å². The van der Waals surface area contributed by atoms with Crippen molar-refractivity contribution in [1.29, 1.82) is 0 Å². The van der Waals surface area contributed by atoms with E-state index in [4.69, 9.17) is 9.47 Å². The minimum atomic E-state index is -0.699. The van der Waals surface area contributed by atoms with Crippen LogP contribution in [0.1, 0.15) is 38.2 Å². The molecule has 4 aliphatic rings. The second-order valence-electron chi connectivity index (χ2n) is 9.73. The van der Waals surface area contributed by atoms with Crippen molar-refractivity contribution in [3.8, 4) is 0 Å². The van der Waals surface area contributed by atoms with E-state index < -0.39 is 24.5 Å². The highest BCUT2D eigenvalue weighted by atomic mass is 16.6. The van der Waals surface area contributed by atoms with Crippen molar-refractivity contribution in [2.24, 2.45) is 5.41 Å². The Kier molecular flexibility index (Phi) is 5.78. The van der Waals surface area contributed by atoms with Crippen molar-refractivity contribution < 1.29 is 29.0 Å². The Hall–Kier alpha value is -2.65. The summed E-state index contributed by atoms with van der Waals surface area (Å²) in [6.07, 6.45) is 1.47. The third-order valence-electron chi connectivity index (χ3n) is 7.69. The molecule has 3 amide bonds. The Morgan fingerprint density at radius 1 is 1.18 bits per heavy atom. The summed E-state index contributed by atoms with van der Waals surface area (Å²) in [7, 11) is 0. The van der Waals surface area contributed by atoms with Crippen LogP contribution in [0.3, 0.4) is 0 Å². The molecule has 4 atom stereocenters. The Morgan fingerprint density at radius 2 is 1.94 bits per heavy atom. The van der Waals surface area contributed by atoms with Gasteiger partial charge in [0.2, 0.25) is 11.8 Å². The molecule has 1 spiro atoms. The van der Waals surface area contributed by atoms with Gasteiger partial charge in [-0.3, -0.25) is 14.5 Å². The number of carbonyl (C=O) groups excluding carboxylic acids is 3. The van der Waals surface area contributed by atoms with Crippen LogP contribution >= 0.6 is 0 Å². The molecule has 9 heteroatoms. The van der Waals surface area contributed by atoms with Crippen LogP contribution in [0.5, 0.6) is 0 Å². The molecule has 3 heterocycles. The summed E-state index contributed by atoms with van der Waals surface area (Å²) in [6.45, 7) is 3.28. The number of likely N-dealkylation sites (tertiary alicyclic amines) is 1. The van der Waals surface area contributed by atoms with E-state index in [-0.39, 0.29) is 49.5 Å². The molecular formula is C24H31N3O6. The van der Waals surface area contributed by atoms with Crippen molar-refractivity contribution in [1.82, 2.24) is 14.7 Å². The maximum absolute atomic E-state index is 13.1. The van der Waals surface area contributed by atoms with Crippen LogP contribution in [0.4, 0.5) is 4.79 Å². The number of rotatable bonds is 4. The van der Waals surface area contributed by atoms with Gasteiger partial charge in [-0.15, -0.1) is 0 Å². The SMILES string of the molecule is C[C@H]1C(=O)N2C(CN1C(=O)OCc1ccccc1)OC[C@@H]2CC(=O)N1CCC2(CC2)[C@H](O)C1. The number of fused-ring (bicyclic) bond motifs is 1. The van der Waals surface area contributed by atoms with Crippen molar-refractivity contribution in [3.05, 3.63) is 35.9 Å². The number of aliphatic hydroxyl groups excluding tert-OH is 1. The predicted octanol–water partition coefficient (Wildman–Crippen LogP) is 1.34. The predicted molar refractivity (Wildman–Crippen MR) is 117 cm³/mol. The number of piperazine rings is 1. The standard InChI is InChI=1S/C24H31N3O6/c1-16-22(30)27-18(11-20(29)25-10-9-24(7-8-24)19(28)12-25)15-32-21(27)13-26(16)23(31)33-14-17-5-3-2-4-6-17/h2-6,16,18-19,21,28H,7-15H2,1H3/t16-,18-,19+,21?/m0/s1. The number of aliphatic hydroxyl groups is 1. The summed E-state index contributed by atoms with van der Waals surface area (Å²) in [4.78, 5) is 43.5. The lowest BCUT2D eigenvalue weighted by Crippen LogP contribution is -2.62. The normalized spacial score (nSPS) is 30.4. The monoisotopic (exact) mass is 457 g/mol. The Bertz CT molecular complexity index is 920. The van der Waals surface area contributed by atoms with E-state index in [1.165, 1.54) is 4.90 Å². The van der Waals surface area contributed by atoms with Gasteiger partial charge in [0.1, 0.15) is 12.6 Å². The topological polar surface area (TPSA) is 99.6 Å². The van der Waals surface area contributed by atoms with E-state index in [1.54, 1.807) is 16.7 Å². The molecule has 178 valence electrons. The fraction of sp³-hybridized carbons (Fsp3) is 0.625. The van der Waals surface area contributed by atoms with Crippen LogP contribution in [0.2, 0.25) is 0 Å². The number of nitrogens with zero attached hydrogens (tertiary/aromatic N) is 3. The Morgan fingerprint density at radius 3 is 2.64 bits per heavy atom. The first-order valence-corrected chi connectivity index (χ1v) is 11.7. The van der Waals surface area contributed by atoms with E-state index in [9.17, 15) is 19.5 Å². The number of piperidine rings is 1. The second kappa shape index (κ2) is 8.61. The van der Waals surface area contributed by atoms with Crippen LogP contribution in [0, 0.1) is 5.41 Å². The number of ether oxygens (including phenoxy) is 2. The highest BCUT2D eigenvalue weighted by Gasteiger charge is 2.53. The van der Waals surface area contributed by atoms with Crippen LogP contribution < -0.4 is 0 Å². The van der Waals surface area contributed by atoms with Gasteiger partial charge in [0.05, 0.1) is 25.3 Å². The zero-order chi connectivity index (χ0) is 23.2. The highest BCUT2D eigenvalue weighted by molar-refractivity contribution is 5.88. The number of hydrogen-bond donors (Lipinski definition) is 1. The van der Waals surface area contributed by atoms with Gasteiger partial charge < -0.3 is 24.4 Å². The van der Waals surface area contributed by atoms with Crippen LogP contribution in [-0.2, 0) is 25.7 Å². The first-order valence-electron chi connectivity index (χ1n) is 11.7. The molecule has 3 saturated heterocycles. The Labute approximate surface area is 193 Å². The lowest BCUT2D eigenvalue weighted by Gasteiger charge is -2.42. The van der Waals surface area contributed by atoms with Crippen molar-refractivity contribution >= 4 is 17.9 Å². The number of carbonyl (C=O) groups is 3. The molecule has 0 bridgehead atoms. The van der Waals surface area contributed by atoms with Gasteiger partial charge >= 0.3 is 6.09 Å². The largest absolute Gasteiger partial charge is 0.445 e. The number of hydrogen-bond acceptors (Lipinski definition) is 6. The summed E-state index contributed by atoms with van der Waals surface area (Å²) < 4.78 is 11.2. The third-order valence-corrected chi connectivity index (χ3v) is 7.69. The maximum Gasteiger partial charge on any atom is 0.410 e. The third kappa shape index (κ3) is 4.19. The summed E-state index contributed by atoms with van der Waals surface area (Å²) in [5.74, 6) is -0.308. The molecule has 1 unspecified atom stereocenters. The molecule has 3 aliphatic heterocycles. The second-order valence-corrected chi connectivity index (χ2v) is 9.73. The van der Waals surface area contributed by atoms with Crippen LogP contribution in [0.15, 0.2) is 30.3 Å². The minimum Gasteiger partial charge on any atom is -0.445 e. The Balaban J connectivity index is 1.17. The van der Waals surface area contributed by atoms with Crippen molar-refractivity contribution in [2.45, 2.75) is 63.6 Å². The van der Waals surface area contributed by atoms with E-state index >= 15 is 0 Å². The first kappa shape index (κ1) is 22.2. The fourth-order valence-corrected chi connectivity index (χ4v) is 5.27. The molecule has 5 rings (SSSR count). The highest BCUT2D eigenvalue weighted by Crippen LogP contribution is 2.53. The lowest BCUT2D eigenvalue weighted by molar-refractivity contribution is -0.152. The number of benzene rings is 1. The lowest BCUT2D eigenvalue weighted by atomic mass is 9.90. The molecule has 4 fully saturated rings. The zero-order valence-corrected chi connectivity index (χ0v) is 18.9. The van der Waals surface area contributed by atoms with Gasteiger partial charge in [0.25, 0.3) is 0 Å². The maximum atomic E-state index is 13.1. The molecule has 1 aromatic rings. The molecule has 1 aromatic carbocycles. The molecule has 0 radical (unpaired) electrons. The van der Waals surface area contributed by atoms with Gasteiger partial charge in [-0.1, -0.05) is 30.3 Å². The van der Waals surface area contributed by atoms with Crippen LogP contribution in [0.25, 0.3) is 0 Å². The van der Waals surface area contributed by atoms with E-state index in [0.717, 1.165) is 24.8 Å². The van der Waals surface area contributed by atoms with Gasteiger partial charge in [0.15, 0.2) is 6.23 Å². The minimum absolute atomic E-state index is 0.0369. The van der Waals surface area contributed by atoms with Gasteiger partial charge in [0, 0.05) is 19.5 Å². The van der Waals surface area contributed by atoms with Crippen molar-refractivity contribution in [3.63, 3.8) is 0 Å². The summed E-state index contributed by atoms with van der Waals surface area (Å²) in [5.41, 5.74) is 0.907. The summed E-state index contributed by atoms with van der Waals surface area (Å²) in [5, 5.41) is 10.4. The molecule has 33 heavy (non-hydrogen) atoms. The van der Waals surface area contributed by atoms with Gasteiger partial charge in [-0.05, 0) is 37.2 Å². The molecule has 1 aliphatic carbocycles. The van der Waals surface area contributed by atoms with Crippen LogP contribution in [-0.4, -0.2) is 88.4 Å². The first-order chi connectivity index (χ1) is 15.9. The van der Waals surface area contributed by atoms with Gasteiger partial charge in [-0.25, -0.2) is 4.79 Å². The van der Waals surface area contributed by atoms with E-state index in [1.807, 2.05) is 30.3 Å². The average Bonchev–Trinajstić information content (AvgIpc) is 3.49. The molecule has 1 N–H and O–H groups in total. The summed E-state index contributed by atoms with van der Waals surface area (Å²) in [6, 6.07) is 8.30. The quantitative estimate of drug-likeness (QED) is 0.733. The molecule has 9 nitrogen and oxygen atoms in total. The zero-order valence-electron chi connectivity index (χ0n) is 18.9. The fourth-order valence-electron chi connectivity index (χ4n) is 5.27. The number of amides is 3. The molecular weight excluding hydrogens is 426 g/mol. The van der Waals surface area contributed by atoms with Gasteiger partial charge in [-0.2, -0.15) is 0 Å². The van der Waals surface area contributed by atoms with E-state index in [0.29, 0.717) is 13.1 Å². The smallest absolute Gasteiger partial charge is 0.410 e.